The van der Waals surface area contributed by atoms with Crippen LogP contribution < -0.4 is 4.90 Å². The van der Waals surface area contributed by atoms with Crippen molar-refractivity contribution in [3.05, 3.63) is 29.8 Å². The van der Waals surface area contributed by atoms with Crippen LogP contribution in [-0.4, -0.2) is 36.7 Å². The molecule has 0 aliphatic carbocycles. The summed E-state index contributed by atoms with van der Waals surface area (Å²) in [4.78, 5) is 20.8. The third-order valence-electron chi connectivity index (χ3n) is 5.96. The van der Waals surface area contributed by atoms with Gasteiger partial charge in [-0.05, 0) is 30.9 Å². The van der Waals surface area contributed by atoms with Crippen molar-refractivity contribution in [2.75, 3.05) is 18.6 Å². The number of carbonyl (C=O) groups excluding carboxylic acids is 1. The predicted molar refractivity (Wildman–Crippen MR) is 74.2 cm³/mol. The average Bonchev–Trinajstić information content (AvgIpc) is 2.94. The largest absolute Gasteiger partial charge is 0.314 e. The van der Waals surface area contributed by atoms with Crippen LogP contribution in [0.5, 0.6) is 0 Å². The molecule has 4 aliphatic heterocycles. The molecule has 4 nitrogen and oxygen atoms in total. The molecule has 1 amide bonds. The van der Waals surface area contributed by atoms with E-state index in [2.05, 4.69) is 23.3 Å². The Morgan fingerprint density at radius 3 is 3.00 bits per heavy atom. The smallest absolute Gasteiger partial charge is 0.239 e. The van der Waals surface area contributed by atoms with Crippen molar-refractivity contribution < 1.29 is 9.63 Å². The van der Waals surface area contributed by atoms with E-state index in [1.807, 2.05) is 18.0 Å². The lowest BCUT2D eigenvalue weighted by atomic mass is 9.74. The number of hydroxylamine groups is 2. The Morgan fingerprint density at radius 1 is 1.30 bits per heavy atom. The Kier molecular flexibility index (Phi) is 1.94. The number of nitrogens with zero attached hydrogens (tertiary/aromatic N) is 2. The van der Waals surface area contributed by atoms with Crippen molar-refractivity contribution >= 4 is 11.6 Å². The summed E-state index contributed by atoms with van der Waals surface area (Å²) in [7, 11) is 1.91. The van der Waals surface area contributed by atoms with Gasteiger partial charge in [0.15, 0.2) is 0 Å². The van der Waals surface area contributed by atoms with Gasteiger partial charge in [0.25, 0.3) is 0 Å². The van der Waals surface area contributed by atoms with Crippen LogP contribution in [0, 0.1) is 5.92 Å². The fourth-order valence-corrected chi connectivity index (χ4v) is 5.07. The molecule has 1 aromatic carbocycles. The van der Waals surface area contributed by atoms with Crippen LogP contribution in [0.25, 0.3) is 0 Å². The van der Waals surface area contributed by atoms with Gasteiger partial charge in [-0.15, -0.1) is 0 Å². The molecule has 5 atom stereocenters. The van der Waals surface area contributed by atoms with Gasteiger partial charge in [-0.3, -0.25) is 9.63 Å². The molecule has 4 heteroatoms. The van der Waals surface area contributed by atoms with E-state index in [9.17, 15) is 4.79 Å². The first-order valence-electron chi connectivity index (χ1n) is 7.52. The molecule has 0 aromatic heterocycles. The van der Waals surface area contributed by atoms with E-state index in [0.29, 0.717) is 12.0 Å². The van der Waals surface area contributed by atoms with Crippen molar-refractivity contribution in [3.8, 4) is 0 Å². The lowest BCUT2D eigenvalue weighted by Crippen LogP contribution is -2.48. The lowest BCUT2D eigenvalue weighted by Gasteiger charge is -2.33. The molecule has 5 rings (SSSR count). The lowest BCUT2D eigenvalue weighted by molar-refractivity contribution is -0.155. The number of hydrogen-bond donors (Lipinski definition) is 0. The number of likely N-dealkylation sites (N-methyl/N-ethyl adjacent to an activating group) is 1. The van der Waals surface area contributed by atoms with Crippen LogP contribution in [0.1, 0.15) is 24.8 Å². The Hall–Kier alpha value is -1.39. The fourth-order valence-electron chi connectivity index (χ4n) is 5.07. The van der Waals surface area contributed by atoms with Crippen LogP contribution in [0.4, 0.5) is 5.69 Å². The highest BCUT2D eigenvalue weighted by molar-refractivity contribution is 6.08. The van der Waals surface area contributed by atoms with Gasteiger partial charge < -0.3 is 4.90 Å². The molecule has 1 spiro atoms. The summed E-state index contributed by atoms with van der Waals surface area (Å²) in [5.41, 5.74) is 1.95. The first kappa shape index (κ1) is 11.3. The first-order chi connectivity index (χ1) is 9.73. The quantitative estimate of drug-likeness (QED) is 0.719. The minimum Gasteiger partial charge on any atom is -0.314 e. The minimum atomic E-state index is -0.356. The summed E-state index contributed by atoms with van der Waals surface area (Å²) in [6.45, 7) is 0.850. The van der Waals surface area contributed by atoms with Crippen LogP contribution in [0.3, 0.4) is 0 Å². The molecule has 3 unspecified atom stereocenters. The van der Waals surface area contributed by atoms with Gasteiger partial charge in [-0.2, -0.15) is 5.06 Å². The number of carbonyl (C=O) groups is 1. The second-order valence-corrected chi connectivity index (χ2v) is 6.63. The van der Waals surface area contributed by atoms with Crippen molar-refractivity contribution in [1.29, 1.82) is 0 Å². The third kappa shape index (κ3) is 1.03. The topological polar surface area (TPSA) is 32.8 Å². The molecule has 3 saturated heterocycles. The van der Waals surface area contributed by atoms with E-state index in [1.54, 1.807) is 0 Å². The zero-order valence-corrected chi connectivity index (χ0v) is 11.6. The average molecular weight is 270 g/mol. The zero-order chi connectivity index (χ0) is 13.5. The Balaban J connectivity index is 1.73. The maximum Gasteiger partial charge on any atom is 0.239 e. The molecule has 4 aliphatic rings. The van der Waals surface area contributed by atoms with Crippen LogP contribution in [0.15, 0.2) is 24.3 Å². The Bertz CT molecular complexity index is 616. The molecule has 0 N–H and O–H groups in total. The van der Waals surface area contributed by atoms with E-state index >= 15 is 0 Å². The van der Waals surface area contributed by atoms with Crippen molar-refractivity contribution in [1.82, 2.24) is 5.06 Å². The summed E-state index contributed by atoms with van der Waals surface area (Å²) in [6, 6.07) is 8.96. The number of benzene rings is 1. The molecule has 1 aromatic rings. The zero-order valence-electron chi connectivity index (χ0n) is 11.6. The predicted octanol–water partition coefficient (Wildman–Crippen LogP) is 1.70. The Labute approximate surface area is 118 Å². The van der Waals surface area contributed by atoms with E-state index in [-0.39, 0.29) is 17.4 Å². The molecule has 20 heavy (non-hydrogen) atoms. The first-order valence-corrected chi connectivity index (χ1v) is 7.52. The highest BCUT2D eigenvalue weighted by atomic mass is 16.7. The molecule has 3 fully saturated rings. The number of rotatable bonds is 0. The molecule has 104 valence electrons. The van der Waals surface area contributed by atoms with Crippen LogP contribution in [-0.2, 0) is 15.0 Å². The SMILES string of the molecule is CN1C(=O)C2(C[C@H]3[C@H]4CCC2N3OC4)c2ccccc21. The minimum absolute atomic E-state index is 0.227. The van der Waals surface area contributed by atoms with Crippen molar-refractivity contribution in [3.63, 3.8) is 0 Å². The number of amides is 1. The fraction of sp³-hybridized carbons (Fsp3) is 0.562. The summed E-state index contributed by atoms with van der Waals surface area (Å²) in [5, 5.41) is 2.17. The van der Waals surface area contributed by atoms with Crippen molar-refractivity contribution in [2.24, 2.45) is 5.92 Å². The number of fused-ring (bicyclic) bond motifs is 3. The summed E-state index contributed by atoms with van der Waals surface area (Å²) >= 11 is 0. The number of hydrogen-bond acceptors (Lipinski definition) is 3. The number of para-hydroxylation sites is 1. The van der Waals surface area contributed by atoms with Crippen LogP contribution >= 0.6 is 0 Å². The number of piperidine rings is 1. The molecule has 4 heterocycles. The van der Waals surface area contributed by atoms with E-state index in [4.69, 9.17) is 4.84 Å². The second kappa shape index (κ2) is 3.43. The monoisotopic (exact) mass is 270 g/mol. The van der Waals surface area contributed by atoms with E-state index < -0.39 is 0 Å². The molecule has 0 radical (unpaired) electrons. The molecular formula is C16H18N2O2. The van der Waals surface area contributed by atoms with Gasteiger partial charge in [0.05, 0.1) is 18.1 Å². The normalized spacial score (nSPS) is 44.5. The summed E-state index contributed by atoms with van der Waals surface area (Å²) in [6.07, 6.45) is 3.21. The standard InChI is InChI=1S/C16H18N2O2/c1-17-12-5-3-2-4-11(12)16(15(17)19)8-13-10-6-7-14(16)18(13)20-9-10/h2-5,10,13-14H,6-9H2,1H3/t10-,13-,14?,16?/m0/s1. The van der Waals surface area contributed by atoms with Crippen LogP contribution in [0.2, 0.25) is 0 Å². The van der Waals surface area contributed by atoms with Gasteiger partial charge in [0, 0.05) is 24.7 Å². The van der Waals surface area contributed by atoms with Gasteiger partial charge in [0.2, 0.25) is 5.91 Å². The molecular weight excluding hydrogens is 252 g/mol. The van der Waals surface area contributed by atoms with Gasteiger partial charge in [-0.25, -0.2) is 0 Å². The van der Waals surface area contributed by atoms with Crippen molar-refractivity contribution in [2.45, 2.75) is 36.8 Å². The highest BCUT2D eigenvalue weighted by Crippen LogP contribution is 2.58. The highest BCUT2D eigenvalue weighted by Gasteiger charge is 2.67. The third-order valence-corrected chi connectivity index (χ3v) is 5.96. The van der Waals surface area contributed by atoms with Gasteiger partial charge in [-0.1, -0.05) is 18.2 Å². The second-order valence-electron chi connectivity index (χ2n) is 6.63. The summed E-state index contributed by atoms with van der Waals surface area (Å²) in [5.74, 6) is 0.888. The Morgan fingerprint density at radius 2 is 2.15 bits per heavy atom. The molecule has 0 saturated carbocycles. The van der Waals surface area contributed by atoms with Gasteiger partial charge >= 0.3 is 0 Å². The van der Waals surface area contributed by atoms with E-state index in [1.165, 1.54) is 12.0 Å². The summed E-state index contributed by atoms with van der Waals surface area (Å²) < 4.78 is 0. The van der Waals surface area contributed by atoms with E-state index in [0.717, 1.165) is 25.1 Å². The molecule has 4 bridgehead atoms. The maximum absolute atomic E-state index is 13.0. The maximum atomic E-state index is 13.0. The number of anilines is 1. The van der Waals surface area contributed by atoms with Gasteiger partial charge in [0.1, 0.15) is 0 Å².